The second-order valence-electron chi connectivity index (χ2n) is 5.68. The summed E-state index contributed by atoms with van der Waals surface area (Å²) in [6, 6.07) is 8.86. The van der Waals surface area contributed by atoms with Crippen molar-refractivity contribution in [1.29, 1.82) is 0 Å². The molecule has 2 heterocycles. The molecule has 9 heteroatoms. The van der Waals surface area contributed by atoms with E-state index in [2.05, 4.69) is 15.0 Å². The minimum atomic E-state index is 0.298. The van der Waals surface area contributed by atoms with Gasteiger partial charge in [-0.2, -0.15) is 15.0 Å². The zero-order chi connectivity index (χ0) is 18.5. The van der Waals surface area contributed by atoms with Gasteiger partial charge in [0.05, 0.1) is 18.8 Å². The van der Waals surface area contributed by atoms with Crippen LogP contribution in [-0.4, -0.2) is 39.8 Å². The van der Waals surface area contributed by atoms with Gasteiger partial charge in [0.1, 0.15) is 12.1 Å². The van der Waals surface area contributed by atoms with Crippen molar-refractivity contribution in [2.24, 2.45) is 5.73 Å². The van der Waals surface area contributed by atoms with E-state index >= 15 is 0 Å². The normalized spacial score (nSPS) is 11.1. The van der Waals surface area contributed by atoms with Crippen LogP contribution in [0.1, 0.15) is 16.8 Å². The van der Waals surface area contributed by atoms with E-state index in [0.29, 0.717) is 49.5 Å². The first kappa shape index (κ1) is 18.8. The van der Waals surface area contributed by atoms with Crippen LogP contribution in [0.4, 0.5) is 0 Å². The Morgan fingerprint density at radius 3 is 2.46 bits per heavy atom. The van der Waals surface area contributed by atoms with Crippen LogP contribution in [0.2, 0.25) is 0 Å². The number of fused-ring (bicyclic) bond motifs is 1. The van der Waals surface area contributed by atoms with Crippen molar-refractivity contribution in [3.63, 3.8) is 0 Å². The van der Waals surface area contributed by atoms with Gasteiger partial charge in [-0.3, -0.25) is 4.57 Å². The van der Waals surface area contributed by atoms with Gasteiger partial charge in [-0.1, -0.05) is 24.3 Å². The standard InChI is InChI=1S/C17H20IN5O3/c1-11-14-15(22-16(20-11)25-8-7-24-2)23(17(21-14)26-18)10-13-5-3-12(9-19)4-6-13/h3-6H,7-10,19H2,1-2H3. The van der Waals surface area contributed by atoms with Crippen molar-refractivity contribution in [3.05, 3.63) is 41.1 Å². The van der Waals surface area contributed by atoms with Crippen LogP contribution in [0.3, 0.4) is 0 Å². The van der Waals surface area contributed by atoms with Crippen LogP contribution >= 0.6 is 23.0 Å². The second-order valence-corrected chi connectivity index (χ2v) is 6.12. The molecule has 2 N–H and O–H groups in total. The van der Waals surface area contributed by atoms with E-state index < -0.39 is 0 Å². The van der Waals surface area contributed by atoms with Crippen molar-refractivity contribution < 1.29 is 12.5 Å². The first-order valence-corrected chi connectivity index (χ1v) is 8.97. The largest absolute Gasteiger partial charge is 0.461 e. The molecule has 0 amide bonds. The third-order valence-electron chi connectivity index (χ3n) is 3.90. The molecule has 0 aliphatic heterocycles. The van der Waals surface area contributed by atoms with Crippen molar-refractivity contribution in [3.8, 4) is 12.0 Å². The molecule has 2 aromatic heterocycles. The van der Waals surface area contributed by atoms with Crippen molar-refractivity contribution in [2.45, 2.75) is 20.0 Å². The minimum Gasteiger partial charge on any atom is -0.461 e. The Balaban J connectivity index is 1.98. The molecule has 0 aliphatic rings. The van der Waals surface area contributed by atoms with E-state index in [9.17, 15) is 0 Å². The summed E-state index contributed by atoms with van der Waals surface area (Å²) in [6.07, 6.45) is 0. The van der Waals surface area contributed by atoms with Gasteiger partial charge < -0.3 is 18.3 Å². The number of ether oxygens (including phenoxy) is 2. The first-order valence-electron chi connectivity index (χ1n) is 8.09. The predicted octanol–water partition coefficient (Wildman–Crippen LogP) is 2.40. The lowest BCUT2D eigenvalue weighted by Gasteiger charge is -2.09. The third kappa shape index (κ3) is 4.05. The van der Waals surface area contributed by atoms with Crippen LogP contribution < -0.4 is 13.5 Å². The van der Waals surface area contributed by atoms with Crippen LogP contribution in [0.15, 0.2) is 24.3 Å². The van der Waals surface area contributed by atoms with Gasteiger partial charge in [0.25, 0.3) is 0 Å². The van der Waals surface area contributed by atoms with Crippen LogP contribution in [0.5, 0.6) is 12.0 Å². The zero-order valence-electron chi connectivity index (χ0n) is 14.6. The molecule has 3 rings (SSSR count). The predicted molar refractivity (Wildman–Crippen MR) is 106 cm³/mol. The monoisotopic (exact) mass is 469 g/mol. The molecule has 0 saturated heterocycles. The minimum absolute atomic E-state index is 0.298. The summed E-state index contributed by atoms with van der Waals surface area (Å²) < 4.78 is 17.9. The summed E-state index contributed by atoms with van der Waals surface area (Å²) >= 11 is 1.82. The Labute approximate surface area is 165 Å². The van der Waals surface area contributed by atoms with Crippen molar-refractivity contribution >= 4 is 34.2 Å². The Morgan fingerprint density at radius 1 is 1.08 bits per heavy atom. The van der Waals surface area contributed by atoms with Crippen molar-refractivity contribution in [2.75, 3.05) is 20.3 Å². The van der Waals surface area contributed by atoms with E-state index in [4.69, 9.17) is 18.3 Å². The van der Waals surface area contributed by atoms with E-state index in [1.807, 2.05) is 58.8 Å². The number of imidazole rings is 1. The summed E-state index contributed by atoms with van der Waals surface area (Å²) in [5.41, 5.74) is 9.93. The highest BCUT2D eigenvalue weighted by atomic mass is 127. The molecule has 0 saturated carbocycles. The molecule has 0 spiro atoms. The van der Waals surface area contributed by atoms with Gasteiger partial charge in [0.2, 0.25) is 0 Å². The van der Waals surface area contributed by atoms with Gasteiger partial charge in [-0.15, -0.1) is 0 Å². The van der Waals surface area contributed by atoms with Gasteiger partial charge in [-0.05, 0) is 18.1 Å². The van der Waals surface area contributed by atoms with E-state index in [0.717, 1.165) is 16.8 Å². The maximum atomic E-state index is 5.66. The maximum Gasteiger partial charge on any atom is 0.318 e. The molecule has 0 atom stereocenters. The lowest BCUT2D eigenvalue weighted by molar-refractivity contribution is 0.141. The fraction of sp³-hybridized carbons (Fsp3) is 0.353. The Morgan fingerprint density at radius 2 is 1.81 bits per heavy atom. The molecule has 1 aromatic carbocycles. The number of nitrogens with two attached hydrogens (primary N) is 1. The molecule has 0 bridgehead atoms. The third-order valence-corrected chi connectivity index (χ3v) is 4.29. The van der Waals surface area contributed by atoms with E-state index in [1.54, 1.807) is 7.11 Å². The van der Waals surface area contributed by atoms with Crippen molar-refractivity contribution in [1.82, 2.24) is 19.5 Å². The molecule has 138 valence electrons. The van der Waals surface area contributed by atoms with E-state index in [-0.39, 0.29) is 0 Å². The molecular weight excluding hydrogens is 449 g/mol. The number of rotatable bonds is 8. The fourth-order valence-corrected chi connectivity index (χ4v) is 2.87. The first-order chi connectivity index (χ1) is 12.7. The number of hydrogen-bond acceptors (Lipinski definition) is 7. The maximum absolute atomic E-state index is 5.66. The quantitative estimate of drug-likeness (QED) is 0.400. The highest BCUT2D eigenvalue weighted by molar-refractivity contribution is 14.1. The molecule has 26 heavy (non-hydrogen) atoms. The molecule has 0 fully saturated rings. The molecular formula is C17H20IN5O3. The highest BCUT2D eigenvalue weighted by Gasteiger charge is 2.18. The van der Waals surface area contributed by atoms with Gasteiger partial charge in [0, 0.05) is 13.7 Å². The lowest BCUT2D eigenvalue weighted by atomic mass is 10.1. The molecule has 0 aliphatic carbocycles. The van der Waals surface area contributed by atoms with E-state index in [1.165, 1.54) is 0 Å². The average molecular weight is 469 g/mol. The Hall–Kier alpha value is -1.98. The summed E-state index contributed by atoms with van der Waals surface area (Å²) in [6.45, 7) is 3.80. The summed E-state index contributed by atoms with van der Waals surface area (Å²) in [4.78, 5) is 13.4. The Kier molecular flexibility index (Phi) is 6.22. The average Bonchev–Trinajstić information content (AvgIpc) is 3.01. The van der Waals surface area contributed by atoms with Crippen LogP contribution in [-0.2, 0) is 17.8 Å². The second kappa shape index (κ2) is 8.60. The number of methoxy groups -OCH3 is 1. The highest BCUT2D eigenvalue weighted by Crippen LogP contribution is 2.26. The lowest BCUT2D eigenvalue weighted by Crippen LogP contribution is -2.08. The number of hydrogen-bond donors (Lipinski definition) is 1. The van der Waals surface area contributed by atoms with Gasteiger partial charge in [-0.25, -0.2) is 0 Å². The molecule has 3 aromatic rings. The summed E-state index contributed by atoms with van der Waals surface area (Å²) in [5, 5.41) is 0. The number of aryl methyl sites for hydroxylation is 1. The SMILES string of the molecule is COCCOc1nc(C)c2nc(OI)n(Cc3ccc(CN)cc3)c2n1. The number of nitrogens with zero attached hydrogens (tertiary/aromatic N) is 4. The van der Waals surface area contributed by atoms with Crippen LogP contribution in [0.25, 0.3) is 11.2 Å². The topological polar surface area (TPSA) is 97.3 Å². The van der Waals surface area contributed by atoms with Gasteiger partial charge in [0.15, 0.2) is 28.7 Å². The van der Waals surface area contributed by atoms with Gasteiger partial charge >= 0.3 is 12.0 Å². The molecule has 8 nitrogen and oxygen atoms in total. The summed E-state index contributed by atoms with van der Waals surface area (Å²) in [7, 11) is 1.62. The number of halogens is 1. The van der Waals surface area contributed by atoms with Crippen LogP contribution in [0, 0.1) is 6.92 Å². The molecule has 0 radical (unpaired) electrons. The smallest absolute Gasteiger partial charge is 0.318 e. The zero-order valence-corrected chi connectivity index (χ0v) is 16.8. The summed E-state index contributed by atoms with van der Waals surface area (Å²) in [5.74, 6) is 0. The fourth-order valence-electron chi connectivity index (χ4n) is 2.54. The number of aromatic nitrogens is 4. The Bertz CT molecular complexity index is 882. The molecule has 0 unspecified atom stereocenters. The number of benzene rings is 1.